The Morgan fingerprint density at radius 3 is 2.59 bits per heavy atom. The van der Waals surface area contributed by atoms with Crippen molar-refractivity contribution in [3.05, 3.63) is 23.8 Å². The summed E-state index contributed by atoms with van der Waals surface area (Å²) in [5, 5.41) is 0. The van der Waals surface area contributed by atoms with Crippen LogP contribution in [0.15, 0.2) is 28.2 Å². The molecule has 0 amide bonds. The monoisotopic (exact) mass is 301 g/mol. The summed E-state index contributed by atoms with van der Waals surface area (Å²) in [6.07, 6.45) is 5.26. The number of methoxy groups -OCH3 is 1. The second-order valence-corrected chi connectivity index (χ2v) is 5.94. The smallest absolute Gasteiger partial charge is 0.220 e. The Labute approximate surface area is 130 Å². The van der Waals surface area contributed by atoms with Crippen LogP contribution in [0.25, 0.3) is 0 Å². The summed E-state index contributed by atoms with van der Waals surface area (Å²) in [5.41, 5.74) is 13.7. The molecule has 0 bridgehead atoms. The van der Waals surface area contributed by atoms with Gasteiger partial charge in [0.1, 0.15) is 11.4 Å². The number of rotatable bonds is 2. The molecule has 0 atom stereocenters. The number of hydrogen-bond donors (Lipinski definition) is 2. The van der Waals surface area contributed by atoms with Crippen molar-refractivity contribution in [3.8, 4) is 5.75 Å². The number of hydrogen-bond acceptors (Lipinski definition) is 6. The second-order valence-electron chi connectivity index (χ2n) is 5.94. The topological polar surface area (TPSA) is 89.2 Å². The van der Waals surface area contributed by atoms with Gasteiger partial charge in [0.05, 0.1) is 12.8 Å². The van der Waals surface area contributed by atoms with Crippen LogP contribution in [0.4, 0.5) is 5.69 Å². The minimum atomic E-state index is -0.437. The molecular weight excluding hydrogens is 278 g/mol. The highest BCUT2D eigenvalue weighted by atomic mass is 16.5. The maximum atomic E-state index is 6.26. The van der Waals surface area contributed by atoms with Gasteiger partial charge in [-0.1, -0.05) is 18.6 Å². The van der Waals surface area contributed by atoms with E-state index in [-0.39, 0.29) is 5.96 Å². The Morgan fingerprint density at radius 1 is 1.18 bits per heavy atom. The van der Waals surface area contributed by atoms with Crippen LogP contribution in [0.3, 0.4) is 0 Å². The molecule has 4 N–H and O–H groups in total. The number of guanidine groups is 2. The fraction of sp³-hybridized carbons (Fsp3) is 0.500. The van der Waals surface area contributed by atoms with E-state index in [2.05, 4.69) is 4.99 Å². The van der Waals surface area contributed by atoms with Crippen molar-refractivity contribution >= 4 is 17.6 Å². The molecule has 1 aliphatic carbocycles. The standard InChI is InChI=1S/C16H23N5O/c1-11-7-6-8-12(22-2)13(11)21-15(18)19-14(17)20-16(21)9-4-3-5-10-16/h6-8H,3-5,9-10H2,1-2H3,(H4,17,18,19,20). The van der Waals surface area contributed by atoms with E-state index >= 15 is 0 Å². The largest absolute Gasteiger partial charge is 0.495 e. The minimum absolute atomic E-state index is 0.267. The van der Waals surface area contributed by atoms with Gasteiger partial charge in [-0.15, -0.1) is 0 Å². The van der Waals surface area contributed by atoms with Crippen LogP contribution in [0.2, 0.25) is 0 Å². The molecule has 1 aliphatic heterocycles. The molecule has 0 aromatic heterocycles. The first-order chi connectivity index (χ1) is 10.6. The molecule has 6 heteroatoms. The third-order valence-electron chi connectivity index (χ3n) is 4.50. The molecule has 0 saturated heterocycles. The molecule has 1 aromatic rings. The van der Waals surface area contributed by atoms with Crippen LogP contribution in [0.5, 0.6) is 5.75 Å². The number of nitrogens with zero attached hydrogens (tertiary/aromatic N) is 3. The third kappa shape index (κ3) is 2.28. The highest BCUT2D eigenvalue weighted by molar-refractivity contribution is 6.06. The van der Waals surface area contributed by atoms with E-state index in [1.165, 1.54) is 6.42 Å². The molecule has 0 radical (unpaired) electrons. The summed E-state index contributed by atoms with van der Waals surface area (Å²) in [7, 11) is 1.67. The minimum Gasteiger partial charge on any atom is -0.495 e. The van der Waals surface area contributed by atoms with E-state index in [1.54, 1.807) is 7.11 Å². The average Bonchev–Trinajstić information content (AvgIpc) is 2.48. The van der Waals surface area contributed by atoms with Crippen LogP contribution in [-0.4, -0.2) is 24.7 Å². The van der Waals surface area contributed by atoms with Crippen molar-refractivity contribution in [2.45, 2.75) is 44.7 Å². The van der Waals surface area contributed by atoms with Crippen LogP contribution >= 0.6 is 0 Å². The van der Waals surface area contributed by atoms with Crippen molar-refractivity contribution in [2.75, 3.05) is 12.0 Å². The van der Waals surface area contributed by atoms with E-state index in [4.69, 9.17) is 21.2 Å². The lowest BCUT2D eigenvalue weighted by molar-refractivity contribution is 0.302. The fourth-order valence-electron chi connectivity index (χ4n) is 3.53. The lowest BCUT2D eigenvalue weighted by Gasteiger charge is -2.46. The van der Waals surface area contributed by atoms with E-state index in [0.717, 1.165) is 42.7 Å². The molecular formula is C16H23N5O. The SMILES string of the molecule is COc1cccc(C)c1N1C(N)=NC(N)=NC12CCCCC2. The highest BCUT2D eigenvalue weighted by Gasteiger charge is 2.44. The number of aryl methyl sites for hydroxylation is 1. The average molecular weight is 301 g/mol. The molecule has 1 fully saturated rings. The Morgan fingerprint density at radius 2 is 1.91 bits per heavy atom. The maximum Gasteiger partial charge on any atom is 0.220 e. The maximum absolute atomic E-state index is 6.26. The molecule has 1 spiro atoms. The Balaban J connectivity index is 2.17. The van der Waals surface area contributed by atoms with Crippen LogP contribution in [0.1, 0.15) is 37.7 Å². The Hall–Kier alpha value is -2.24. The summed E-state index contributed by atoms with van der Waals surface area (Å²) >= 11 is 0. The fourth-order valence-corrected chi connectivity index (χ4v) is 3.53. The molecule has 1 saturated carbocycles. The lowest BCUT2D eigenvalue weighted by atomic mass is 9.87. The molecule has 22 heavy (non-hydrogen) atoms. The van der Waals surface area contributed by atoms with Crippen molar-refractivity contribution in [3.63, 3.8) is 0 Å². The van der Waals surface area contributed by atoms with E-state index in [1.807, 2.05) is 30.0 Å². The van der Waals surface area contributed by atoms with Crippen LogP contribution in [-0.2, 0) is 0 Å². The summed E-state index contributed by atoms with van der Waals surface area (Å²) < 4.78 is 5.56. The lowest BCUT2D eigenvalue weighted by Crippen LogP contribution is -2.58. The van der Waals surface area contributed by atoms with Gasteiger partial charge in [-0.2, -0.15) is 4.99 Å². The van der Waals surface area contributed by atoms with Crippen LogP contribution in [0, 0.1) is 6.92 Å². The number of nitrogens with two attached hydrogens (primary N) is 2. The van der Waals surface area contributed by atoms with E-state index in [0.29, 0.717) is 5.96 Å². The summed E-state index contributed by atoms with van der Waals surface area (Å²) in [6, 6.07) is 5.96. The quantitative estimate of drug-likeness (QED) is 0.875. The Kier molecular flexibility index (Phi) is 3.68. The zero-order chi connectivity index (χ0) is 15.7. The number of ether oxygens (including phenoxy) is 1. The van der Waals surface area contributed by atoms with Gasteiger partial charge in [-0.05, 0) is 44.2 Å². The highest BCUT2D eigenvalue weighted by Crippen LogP contribution is 2.43. The van der Waals surface area contributed by atoms with Gasteiger partial charge < -0.3 is 16.2 Å². The van der Waals surface area contributed by atoms with Crippen molar-refractivity contribution < 1.29 is 4.74 Å². The Bertz CT molecular complexity index is 631. The summed E-state index contributed by atoms with van der Waals surface area (Å²) in [5.74, 6) is 1.43. The predicted octanol–water partition coefficient (Wildman–Crippen LogP) is 2.11. The summed E-state index contributed by atoms with van der Waals surface area (Å²) in [4.78, 5) is 10.9. The first kappa shape index (κ1) is 14.7. The van der Waals surface area contributed by atoms with E-state index < -0.39 is 5.66 Å². The van der Waals surface area contributed by atoms with E-state index in [9.17, 15) is 0 Å². The second kappa shape index (κ2) is 5.51. The zero-order valence-electron chi connectivity index (χ0n) is 13.2. The number of anilines is 1. The van der Waals surface area contributed by atoms with Gasteiger partial charge in [-0.3, -0.25) is 4.90 Å². The van der Waals surface area contributed by atoms with Gasteiger partial charge in [0.25, 0.3) is 0 Å². The molecule has 1 heterocycles. The first-order valence-corrected chi connectivity index (χ1v) is 7.71. The first-order valence-electron chi connectivity index (χ1n) is 7.71. The number of para-hydroxylation sites is 1. The molecule has 118 valence electrons. The van der Waals surface area contributed by atoms with Gasteiger partial charge in [0.2, 0.25) is 11.9 Å². The molecule has 6 nitrogen and oxygen atoms in total. The summed E-state index contributed by atoms with van der Waals surface area (Å²) in [6.45, 7) is 2.04. The van der Waals surface area contributed by atoms with Gasteiger partial charge >= 0.3 is 0 Å². The van der Waals surface area contributed by atoms with Crippen molar-refractivity contribution in [1.29, 1.82) is 0 Å². The van der Waals surface area contributed by atoms with Crippen molar-refractivity contribution in [2.24, 2.45) is 21.5 Å². The van der Waals surface area contributed by atoms with Gasteiger partial charge in [0.15, 0.2) is 0 Å². The zero-order valence-corrected chi connectivity index (χ0v) is 13.2. The number of aliphatic imine (C=N–C) groups is 2. The molecule has 1 aromatic carbocycles. The third-order valence-corrected chi connectivity index (χ3v) is 4.50. The molecule has 3 rings (SSSR count). The number of benzene rings is 1. The normalized spacial score (nSPS) is 20.5. The molecule has 2 aliphatic rings. The van der Waals surface area contributed by atoms with Gasteiger partial charge in [0, 0.05) is 0 Å². The molecule has 0 unspecified atom stereocenters. The van der Waals surface area contributed by atoms with Gasteiger partial charge in [-0.25, -0.2) is 4.99 Å². The van der Waals surface area contributed by atoms with Crippen molar-refractivity contribution in [1.82, 2.24) is 0 Å². The predicted molar refractivity (Wildman–Crippen MR) is 89.3 cm³/mol. The van der Waals surface area contributed by atoms with Crippen LogP contribution < -0.4 is 21.1 Å².